The number of rotatable bonds is 8. The number of hydrogen-bond acceptors (Lipinski definition) is 5. The molecule has 0 spiro atoms. The van der Waals surface area contributed by atoms with Crippen LogP contribution < -0.4 is 0 Å². The average Bonchev–Trinajstić information content (AvgIpc) is 2.18. The van der Waals surface area contributed by atoms with Gasteiger partial charge in [0.2, 0.25) is 0 Å². The lowest BCUT2D eigenvalue weighted by atomic mass is 10.5. The van der Waals surface area contributed by atoms with E-state index in [2.05, 4.69) is 6.92 Å². The minimum Gasteiger partial charge on any atom is -0.465 e. The van der Waals surface area contributed by atoms with Crippen molar-refractivity contribution in [1.82, 2.24) is 0 Å². The van der Waals surface area contributed by atoms with E-state index >= 15 is 0 Å². The van der Waals surface area contributed by atoms with Gasteiger partial charge in [0.25, 0.3) is 0 Å². The first kappa shape index (κ1) is 14.6. The van der Waals surface area contributed by atoms with Crippen LogP contribution in [0.2, 0.25) is 0 Å². The van der Waals surface area contributed by atoms with Gasteiger partial charge in [-0.1, -0.05) is 0 Å². The van der Waals surface area contributed by atoms with Crippen molar-refractivity contribution < 1.29 is 23.1 Å². The molecule has 0 N–H and O–H groups in total. The smallest absolute Gasteiger partial charge is 0.334 e. The van der Waals surface area contributed by atoms with Crippen molar-refractivity contribution in [3.8, 4) is 0 Å². The second-order valence-electron chi connectivity index (χ2n) is 2.64. The first-order chi connectivity index (χ1) is 7.08. The zero-order valence-electron chi connectivity index (χ0n) is 9.23. The highest BCUT2D eigenvalue weighted by Crippen LogP contribution is 2.47. The standard InChI is InChI=1S/C9H18O5P/c1-4-9(10)12-7-8-15(11,13-5-2)14-6-3/h1,4-8H2,2-3H3. The molecule has 0 saturated heterocycles. The Balaban J connectivity index is 3.96. The summed E-state index contributed by atoms with van der Waals surface area (Å²) in [5.74, 6) is -0.422. The van der Waals surface area contributed by atoms with Crippen molar-refractivity contribution >= 4 is 13.6 Å². The zero-order valence-corrected chi connectivity index (χ0v) is 10.1. The molecule has 0 aliphatic heterocycles. The Morgan fingerprint density at radius 1 is 1.27 bits per heavy atom. The highest BCUT2D eigenvalue weighted by molar-refractivity contribution is 7.53. The maximum absolute atomic E-state index is 11.8. The lowest BCUT2D eigenvalue weighted by Gasteiger charge is -2.16. The normalized spacial score (nSPS) is 11.4. The molecule has 0 bridgehead atoms. The first-order valence-corrected chi connectivity index (χ1v) is 6.63. The molecule has 0 aliphatic carbocycles. The lowest BCUT2D eigenvalue weighted by Crippen LogP contribution is -2.10. The van der Waals surface area contributed by atoms with Gasteiger partial charge in [-0.25, -0.2) is 0 Å². The molecule has 15 heavy (non-hydrogen) atoms. The molecule has 0 saturated carbocycles. The van der Waals surface area contributed by atoms with Crippen LogP contribution in [0, 0.1) is 6.92 Å². The molecule has 0 aliphatic rings. The summed E-state index contributed by atoms with van der Waals surface area (Å²) in [6, 6.07) is 0. The molecular formula is C9H18O5P. The van der Waals surface area contributed by atoms with Crippen LogP contribution in [0.1, 0.15) is 20.3 Å². The van der Waals surface area contributed by atoms with E-state index in [-0.39, 0.29) is 19.2 Å². The molecule has 0 atom stereocenters. The fraction of sp³-hybridized carbons (Fsp3) is 0.778. The Morgan fingerprint density at radius 2 is 1.80 bits per heavy atom. The Hall–Kier alpha value is -0.380. The predicted octanol–water partition coefficient (Wildman–Crippen LogP) is 2.02. The van der Waals surface area contributed by atoms with Gasteiger partial charge in [-0.3, -0.25) is 9.36 Å². The van der Waals surface area contributed by atoms with Crippen LogP contribution in [-0.4, -0.2) is 32.0 Å². The lowest BCUT2D eigenvalue weighted by molar-refractivity contribution is -0.142. The van der Waals surface area contributed by atoms with Crippen LogP contribution in [0.3, 0.4) is 0 Å². The predicted molar refractivity (Wildman–Crippen MR) is 56.7 cm³/mol. The Bertz CT molecular complexity index is 219. The number of ether oxygens (including phenoxy) is 1. The summed E-state index contributed by atoms with van der Waals surface area (Å²) < 4.78 is 26.6. The van der Waals surface area contributed by atoms with E-state index in [0.717, 1.165) is 0 Å². The summed E-state index contributed by atoms with van der Waals surface area (Å²) in [5, 5.41) is 0. The van der Waals surface area contributed by atoms with Gasteiger partial charge >= 0.3 is 13.6 Å². The van der Waals surface area contributed by atoms with Gasteiger partial charge < -0.3 is 13.8 Å². The zero-order chi connectivity index (χ0) is 11.7. The number of carbonyl (C=O) groups excluding carboxylic acids is 1. The van der Waals surface area contributed by atoms with E-state index < -0.39 is 13.6 Å². The third kappa shape index (κ3) is 6.66. The summed E-state index contributed by atoms with van der Waals surface area (Å²) in [5.41, 5.74) is 0. The molecule has 0 amide bonds. The molecule has 1 radical (unpaired) electrons. The van der Waals surface area contributed by atoms with Gasteiger partial charge in [0, 0.05) is 6.42 Å². The van der Waals surface area contributed by atoms with Crippen molar-refractivity contribution in [2.24, 2.45) is 0 Å². The van der Waals surface area contributed by atoms with Crippen molar-refractivity contribution in [3.63, 3.8) is 0 Å². The van der Waals surface area contributed by atoms with Crippen molar-refractivity contribution in [2.45, 2.75) is 20.3 Å². The van der Waals surface area contributed by atoms with E-state index in [9.17, 15) is 9.36 Å². The van der Waals surface area contributed by atoms with E-state index in [1.807, 2.05) is 0 Å². The first-order valence-electron chi connectivity index (χ1n) is 4.91. The van der Waals surface area contributed by atoms with E-state index in [0.29, 0.717) is 13.2 Å². The summed E-state index contributed by atoms with van der Waals surface area (Å²) in [6.07, 6.45) is 0.147. The Labute approximate surface area is 90.6 Å². The maximum atomic E-state index is 11.8. The minimum atomic E-state index is -3.08. The molecule has 0 fully saturated rings. The highest BCUT2D eigenvalue weighted by Gasteiger charge is 2.23. The van der Waals surface area contributed by atoms with Crippen molar-refractivity contribution in [3.05, 3.63) is 6.92 Å². The van der Waals surface area contributed by atoms with E-state index in [1.54, 1.807) is 13.8 Å². The summed E-state index contributed by atoms with van der Waals surface area (Å²) in [4.78, 5) is 10.8. The van der Waals surface area contributed by atoms with Gasteiger partial charge in [0.05, 0.1) is 19.4 Å². The second kappa shape index (κ2) is 7.85. The maximum Gasteiger partial charge on any atom is 0.334 e. The molecule has 6 heteroatoms. The molecule has 0 rings (SSSR count). The fourth-order valence-electron chi connectivity index (χ4n) is 0.903. The second-order valence-corrected chi connectivity index (χ2v) is 4.83. The monoisotopic (exact) mass is 237 g/mol. The third-order valence-corrected chi connectivity index (χ3v) is 3.52. The molecule has 0 heterocycles. The number of hydrogen-bond donors (Lipinski definition) is 0. The van der Waals surface area contributed by atoms with E-state index in [1.165, 1.54) is 0 Å². The molecule has 0 aromatic carbocycles. The van der Waals surface area contributed by atoms with Crippen LogP contribution in [-0.2, 0) is 23.1 Å². The molecule has 0 aromatic rings. The van der Waals surface area contributed by atoms with Crippen LogP contribution in [0.15, 0.2) is 0 Å². The van der Waals surface area contributed by atoms with Gasteiger partial charge in [-0.15, -0.1) is 0 Å². The Kier molecular flexibility index (Phi) is 7.65. The van der Waals surface area contributed by atoms with Crippen LogP contribution >= 0.6 is 7.60 Å². The molecule has 0 unspecified atom stereocenters. The quantitative estimate of drug-likeness (QED) is 0.477. The average molecular weight is 237 g/mol. The molecule has 5 nitrogen and oxygen atoms in total. The van der Waals surface area contributed by atoms with Gasteiger partial charge in [-0.05, 0) is 20.8 Å². The van der Waals surface area contributed by atoms with Crippen molar-refractivity contribution in [1.29, 1.82) is 0 Å². The molecule has 0 aromatic heterocycles. The highest BCUT2D eigenvalue weighted by atomic mass is 31.2. The van der Waals surface area contributed by atoms with Crippen molar-refractivity contribution in [2.75, 3.05) is 26.0 Å². The number of esters is 1. The summed E-state index contributed by atoms with van der Waals surface area (Å²) >= 11 is 0. The van der Waals surface area contributed by atoms with Gasteiger partial charge in [-0.2, -0.15) is 0 Å². The Morgan fingerprint density at radius 3 is 2.20 bits per heavy atom. The van der Waals surface area contributed by atoms with Crippen LogP contribution in [0.4, 0.5) is 0 Å². The summed E-state index contributed by atoms with van der Waals surface area (Å²) in [7, 11) is -3.08. The minimum absolute atomic E-state index is 0.0334. The van der Waals surface area contributed by atoms with Crippen LogP contribution in [0.5, 0.6) is 0 Å². The molecular weight excluding hydrogens is 219 g/mol. The van der Waals surface area contributed by atoms with E-state index in [4.69, 9.17) is 13.8 Å². The SMILES string of the molecule is [CH2]CC(=O)OCCP(=O)(OCC)OCC. The third-order valence-electron chi connectivity index (χ3n) is 1.48. The largest absolute Gasteiger partial charge is 0.465 e. The summed E-state index contributed by atoms with van der Waals surface area (Å²) in [6.45, 7) is 7.47. The number of carbonyl (C=O) groups is 1. The van der Waals surface area contributed by atoms with Crippen LogP contribution in [0.25, 0.3) is 0 Å². The topological polar surface area (TPSA) is 61.8 Å². The van der Waals surface area contributed by atoms with Gasteiger partial charge in [0.15, 0.2) is 0 Å². The fourth-order valence-corrected chi connectivity index (χ4v) is 2.34. The van der Waals surface area contributed by atoms with Gasteiger partial charge in [0.1, 0.15) is 6.61 Å². The molecule has 89 valence electrons.